The molecule has 0 spiro atoms. The second-order valence-corrected chi connectivity index (χ2v) is 6.34. The lowest BCUT2D eigenvalue weighted by molar-refractivity contribution is 0.0636. The molecular weight excluding hydrogens is 266 g/mol. The maximum atomic E-state index is 11.9. The number of nitrogens with one attached hydrogen (secondary N) is 3. The van der Waals surface area contributed by atoms with Gasteiger partial charge < -0.3 is 15.4 Å². The summed E-state index contributed by atoms with van der Waals surface area (Å²) in [5, 5.41) is 9.67. The van der Waals surface area contributed by atoms with Crippen LogP contribution >= 0.6 is 0 Å². The first-order chi connectivity index (χ1) is 9.94. The molecule has 1 amide bonds. The van der Waals surface area contributed by atoms with Crippen LogP contribution in [0.25, 0.3) is 0 Å². The Balaban J connectivity index is 2.00. The van der Waals surface area contributed by atoms with Gasteiger partial charge >= 0.3 is 6.09 Å². The third kappa shape index (κ3) is 5.27. The fraction of sp³-hybridized carbons (Fsp3) is 0.562. The highest BCUT2D eigenvalue weighted by molar-refractivity contribution is 5.89. The van der Waals surface area contributed by atoms with Crippen LogP contribution in [-0.2, 0) is 4.74 Å². The van der Waals surface area contributed by atoms with Gasteiger partial charge in [-0.2, -0.15) is 0 Å². The number of amides is 1. The summed E-state index contributed by atoms with van der Waals surface area (Å²) in [5.74, 6) is 0. The first-order valence-corrected chi connectivity index (χ1v) is 7.50. The monoisotopic (exact) mass is 291 g/mol. The van der Waals surface area contributed by atoms with Gasteiger partial charge in [0.25, 0.3) is 0 Å². The topological polar surface area (TPSA) is 62.4 Å². The minimum atomic E-state index is -0.499. The molecule has 1 heterocycles. The molecule has 1 aromatic carbocycles. The first-order valence-electron chi connectivity index (χ1n) is 7.50. The second kappa shape index (κ2) is 6.80. The highest BCUT2D eigenvalue weighted by atomic mass is 16.6. The number of rotatable bonds is 3. The molecule has 1 aliphatic rings. The maximum Gasteiger partial charge on any atom is 0.412 e. The van der Waals surface area contributed by atoms with Crippen molar-refractivity contribution in [1.29, 1.82) is 0 Å². The molecule has 0 aliphatic carbocycles. The van der Waals surface area contributed by atoms with Crippen LogP contribution in [-0.4, -0.2) is 30.8 Å². The Bertz CT molecular complexity index is 477. The predicted molar refractivity (Wildman–Crippen MR) is 85.8 cm³/mol. The van der Waals surface area contributed by atoms with Crippen LogP contribution < -0.4 is 16.0 Å². The molecule has 0 radical (unpaired) electrons. The van der Waals surface area contributed by atoms with Crippen LogP contribution in [0.2, 0.25) is 0 Å². The Hall–Kier alpha value is -1.75. The van der Waals surface area contributed by atoms with E-state index in [1.165, 1.54) is 0 Å². The van der Waals surface area contributed by atoms with Crippen LogP contribution in [0.15, 0.2) is 24.3 Å². The highest BCUT2D eigenvalue weighted by Crippen LogP contribution is 2.24. The number of piperidine rings is 1. The van der Waals surface area contributed by atoms with Gasteiger partial charge in [-0.05, 0) is 58.8 Å². The number of para-hydroxylation sites is 2. The zero-order valence-corrected chi connectivity index (χ0v) is 13.0. The number of hydrogen-bond acceptors (Lipinski definition) is 4. The quantitative estimate of drug-likeness (QED) is 0.800. The van der Waals surface area contributed by atoms with Gasteiger partial charge in [0.15, 0.2) is 0 Å². The molecule has 0 saturated carbocycles. The predicted octanol–water partition coefficient (Wildman–Crippen LogP) is 3.20. The van der Waals surface area contributed by atoms with Crippen molar-refractivity contribution in [3.05, 3.63) is 24.3 Å². The number of anilines is 2. The molecule has 1 aliphatic heterocycles. The number of carbonyl (C=O) groups is 1. The van der Waals surface area contributed by atoms with Gasteiger partial charge in [0, 0.05) is 6.04 Å². The molecule has 2 rings (SSSR count). The van der Waals surface area contributed by atoms with Gasteiger partial charge in [0.1, 0.15) is 5.60 Å². The molecule has 116 valence electrons. The summed E-state index contributed by atoms with van der Waals surface area (Å²) in [7, 11) is 0. The molecule has 1 saturated heterocycles. The third-order valence-electron chi connectivity index (χ3n) is 3.26. The molecule has 5 heteroatoms. The van der Waals surface area contributed by atoms with E-state index in [-0.39, 0.29) is 0 Å². The summed E-state index contributed by atoms with van der Waals surface area (Å²) in [6.45, 7) is 7.61. The van der Waals surface area contributed by atoms with Gasteiger partial charge in [-0.1, -0.05) is 12.1 Å². The number of hydrogen-bond donors (Lipinski definition) is 3. The van der Waals surface area contributed by atoms with Crippen molar-refractivity contribution in [3.8, 4) is 0 Å². The van der Waals surface area contributed by atoms with E-state index < -0.39 is 11.7 Å². The van der Waals surface area contributed by atoms with Crippen molar-refractivity contribution in [2.24, 2.45) is 0 Å². The third-order valence-corrected chi connectivity index (χ3v) is 3.26. The molecule has 0 bridgehead atoms. The van der Waals surface area contributed by atoms with E-state index in [1.54, 1.807) is 0 Å². The summed E-state index contributed by atoms with van der Waals surface area (Å²) in [5.41, 5.74) is 1.20. The van der Waals surface area contributed by atoms with Gasteiger partial charge in [-0.3, -0.25) is 5.32 Å². The van der Waals surface area contributed by atoms with Crippen molar-refractivity contribution in [3.63, 3.8) is 0 Å². The van der Waals surface area contributed by atoms with E-state index in [9.17, 15) is 4.79 Å². The van der Waals surface area contributed by atoms with Crippen molar-refractivity contribution in [1.82, 2.24) is 5.32 Å². The van der Waals surface area contributed by atoms with E-state index in [0.717, 1.165) is 37.3 Å². The fourth-order valence-corrected chi connectivity index (χ4v) is 2.32. The average molecular weight is 291 g/mol. The summed E-state index contributed by atoms with van der Waals surface area (Å²) >= 11 is 0. The van der Waals surface area contributed by atoms with E-state index in [4.69, 9.17) is 4.74 Å². The minimum absolute atomic E-state index is 0.429. The van der Waals surface area contributed by atoms with E-state index in [0.29, 0.717) is 6.04 Å². The number of benzene rings is 1. The molecule has 0 aromatic heterocycles. The first kappa shape index (κ1) is 15.6. The molecule has 1 aromatic rings. The molecular formula is C16H25N3O2. The maximum absolute atomic E-state index is 11.9. The van der Waals surface area contributed by atoms with Crippen molar-refractivity contribution >= 4 is 17.5 Å². The normalized spacial score (nSPS) is 16.3. The largest absolute Gasteiger partial charge is 0.444 e. The minimum Gasteiger partial charge on any atom is -0.444 e. The molecule has 0 unspecified atom stereocenters. The van der Waals surface area contributed by atoms with Crippen LogP contribution in [0, 0.1) is 0 Å². The summed E-state index contributed by atoms with van der Waals surface area (Å²) in [6, 6.07) is 8.17. The van der Waals surface area contributed by atoms with Gasteiger partial charge in [-0.25, -0.2) is 4.79 Å². The smallest absolute Gasteiger partial charge is 0.412 e. The summed E-state index contributed by atoms with van der Waals surface area (Å²) in [6.07, 6.45) is 1.74. The van der Waals surface area contributed by atoms with Gasteiger partial charge in [-0.15, -0.1) is 0 Å². The Morgan fingerprint density at radius 3 is 2.43 bits per heavy atom. The highest BCUT2D eigenvalue weighted by Gasteiger charge is 2.18. The molecule has 3 N–H and O–H groups in total. The Morgan fingerprint density at radius 2 is 1.81 bits per heavy atom. The Labute approximate surface area is 126 Å². The number of carbonyl (C=O) groups excluding carboxylic acids is 1. The van der Waals surface area contributed by atoms with E-state index >= 15 is 0 Å². The van der Waals surface area contributed by atoms with E-state index in [2.05, 4.69) is 16.0 Å². The van der Waals surface area contributed by atoms with Crippen LogP contribution in [0.5, 0.6) is 0 Å². The standard InChI is InChI=1S/C16H25N3O2/c1-16(2,3)21-15(20)19-14-7-5-4-6-13(14)18-12-8-10-17-11-9-12/h4-7,12,17-18H,8-11H2,1-3H3,(H,19,20). The lowest BCUT2D eigenvalue weighted by Crippen LogP contribution is -2.35. The second-order valence-electron chi connectivity index (χ2n) is 6.34. The molecule has 5 nitrogen and oxygen atoms in total. The molecule has 21 heavy (non-hydrogen) atoms. The van der Waals surface area contributed by atoms with E-state index in [1.807, 2.05) is 45.0 Å². The molecule has 0 atom stereocenters. The summed E-state index contributed by atoms with van der Waals surface area (Å²) in [4.78, 5) is 11.9. The lowest BCUT2D eigenvalue weighted by Gasteiger charge is -2.26. The SMILES string of the molecule is CC(C)(C)OC(=O)Nc1ccccc1NC1CCNCC1. The molecule has 1 fully saturated rings. The number of ether oxygens (including phenoxy) is 1. The summed E-state index contributed by atoms with van der Waals surface area (Å²) < 4.78 is 5.30. The van der Waals surface area contributed by atoms with Gasteiger partial charge in [0.05, 0.1) is 11.4 Å². The van der Waals surface area contributed by atoms with Crippen molar-refractivity contribution < 1.29 is 9.53 Å². The lowest BCUT2D eigenvalue weighted by atomic mass is 10.1. The van der Waals surface area contributed by atoms with Crippen molar-refractivity contribution in [2.45, 2.75) is 45.3 Å². The Morgan fingerprint density at radius 1 is 1.19 bits per heavy atom. The van der Waals surface area contributed by atoms with Crippen LogP contribution in [0.3, 0.4) is 0 Å². The van der Waals surface area contributed by atoms with Crippen LogP contribution in [0.4, 0.5) is 16.2 Å². The van der Waals surface area contributed by atoms with Gasteiger partial charge in [0.2, 0.25) is 0 Å². The zero-order chi connectivity index (χ0) is 15.3. The zero-order valence-electron chi connectivity index (χ0n) is 13.0. The average Bonchev–Trinajstić information content (AvgIpc) is 2.40. The Kier molecular flexibility index (Phi) is 5.07. The van der Waals surface area contributed by atoms with Crippen LogP contribution in [0.1, 0.15) is 33.6 Å². The van der Waals surface area contributed by atoms with Crippen molar-refractivity contribution in [2.75, 3.05) is 23.7 Å². The fourth-order valence-electron chi connectivity index (χ4n) is 2.32.